The molecule has 6 heteroatoms. The number of halogens is 2. The lowest BCUT2D eigenvalue weighted by Gasteiger charge is -2.07. The van der Waals surface area contributed by atoms with Gasteiger partial charge in [-0.15, -0.1) is 0 Å². The summed E-state index contributed by atoms with van der Waals surface area (Å²) in [5.41, 5.74) is 1.37. The highest BCUT2D eigenvalue weighted by Gasteiger charge is 2.18. The van der Waals surface area contributed by atoms with Gasteiger partial charge in [0, 0.05) is 17.4 Å². The minimum atomic E-state index is -0.297. The van der Waals surface area contributed by atoms with Crippen LogP contribution in [0.15, 0.2) is 40.8 Å². The van der Waals surface area contributed by atoms with Crippen LogP contribution in [0.25, 0.3) is 22.1 Å². The first-order valence-corrected chi connectivity index (χ1v) is 8.46. The molecule has 0 fully saturated rings. The Bertz CT molecular complexity index is 907. The fraction of sp³-hybridized carbons (Fsp3) is 0.263. The van der Waals surface area contributed by atoms with Gasteiger partial charge in [-0.2, -0.15) is 0 Å². The molecule has 0 amide bonds. The van der Waals surface area contributed by atoms with E-state index in [1.165, 1.54) is 6.07 Å². The average Bonchev–Trinajstić information content (AvgIpc) is 2.96. The van der Waals surface area contributed by atoms with Crippen LogP contribution in [0.4, 0.5) is 4.39 Å². The van der Waals surface area contributed by atoms with Gasteiger partial charge in [0.2, 0.25) is 0 Å². The van der Waals surface area contributed by atoms with Crippen molar-refractivity contribution < 1.29 is 18.3 Å². The SMILES string of the molecule is CCOC(=O)CCCc1nc(Cl)oc1-c1ccc(F)c2ccccc12. The van der Waals surface area contributed by atoms with E-state index in [9.17, 15) is 9.18 Å². The van der Waals surface area contributed by atoms with E-state index < -0.39 is 0 Å². The second-order valence-electron chi connectivity index (χ2n) is 5.54. The smallest absolute Gasteiger partial charge is 0.305 e. The Balaban J connectivity index is 1.91. The van der Waals surface area contributed by atoms with Crippen LogP contribution in [0.2, 0.25) is 5.35 Å². The van der Waals surface area contributed by atoms with Gasteiger partial charge in [-0.05, 0) is 48.9 Å². The summed E-state index contributed by atoms with van der Waals surface area (Å²) in [4.78, 5) is 15.7. The number of carbonyl (C=O) groups excluding carboxylic acids is 1. The number of benzene rings is 2. The Morgan fingerprint density at radius 1 is 1.24 bits per heavy atom. The molecule has 0 aliphatic rings. The molecule has 0 saturated carbocycles. The van der Waals surface area contributed by atoms with E-state index in [-0.39, 0.29) is 17.1 Å². The molecule has 0 aliphatic carbocycles. The summed E-state index contributed by atoms with van der Waals surface area (Å²) in [6.07, 6.45) is 1.37. The molecule has 0 saturated heterocycles. The van der Waals surface area contributed by atoms with Crippen LogP contribution >= 0.6 is 11.6 Å². The summed E-state index contributed by atoms with van der Waals surface area (Å²) in [7, 11) is 0. The van der Waals surface area contributed by atoms with Crippen LogP contribution in [-0.2, 0) is 16.0 Å². The van der Waals surface area contributed by atoms with Gasteiger partial charge in [0.05, 0.1) is 12.3 Å². The number of ether oxygens (including phenoxy) is 1. The van der Waals surface area contributed by atoms with Crippen molar-refractivity contribution in [3.8, 4) is 11.3 Å². The maximum Gasteiger partial charge on any atom is 0.305 e. The van der Waals surface area contributed by atoms with Crippen LogP contribution < -0.4 is 0 Å². The molecule has 3 rings (SSSR count). The van der Waals surface area contributed by atoms with Crippen molar-refractivity contribution >= 4 is 28.3 Å². The summed E-state index contributed by atoms with van der Waals surface area (Å²) in [5.74, 6) is -0.0373. The Morgan fingerprint density at radius 2 is 2.00 bits per heavy atom. The summed E-state index contributed by atoms with van der Waals surface area (Å²) in [6.45, 7) is 2.13. The summed E-state index contributed by atoms with van der Waals surface area (Å²) in [5, 5.41) is 1.25. The van der Waals surface area contributed by atoms with Gasteiger partial charge in [-0.25, -0.2) is 9.37 Å². The Labute approximate surface area is 149 Å². The van der Waals surface area contributed by atoms with E-state index in [0.29, 0.717) is 42.7 Å². The van der Waals surface area contributed by atoms with Gasteiger partial charge in [0.25, 0.3) is 5.35 Å². The predicted molar refractivity (Wildman–Crippen MR) is 94.0 cm³/mol. The highest BCUT2D eigenvalue weighted by Crippen LogP contribution is 2.34. The van der Waals surface area contributed by atoms with E-state index in [0.717, 1.165) is 10.9 Å². The average molecular weight is 362 g/mol. The standard InChI is InChI=1S/C19H17ClFNO3/c1-2-24-17(23)9-5-8-16-18(25-19(20)22-16)14-10-11-15(21)13-7-4-3-6-12(13)14/h3-4,6-7,10-11H,2,5,8-9H2,1H3. The third-order valence-corrected chi connectivity index (χ3v) is 4.05. The summed E-state index contributed by atoms with van der Waals surface area (Å²) >= 11 is 5.95. The third kappa shape index (κ3) is 3.82. The number of oxazole rings is 1. The summed E-state index contributed by atoms with van der Waals surface area (Å²) in [6, 6.07) is 10.2. The van der Waals surface area contributed by atoms with Gasteiger partial charge < -0.3 is 9.15 Å². The Hall–Kier alpha value is -2.40. The topological polar surface area (TPSA) is 52.3 Å². The molecular formula is C19H17ClFNO3. The number of aryl methyl sites for hydroxylation is 1. The number of aromatic nitrogens is 1. The maximum absolute atomic E-state index is 14.0. The van der Waals surface area contributed by atoms with Crippen molar-refractivity contribution in [1.29, 1.82) is 0 Å². The number of hydrogen-bond donors (Lipinski definition) is 0. The lowest BCUT2D eigenvalue weighted by atomic mass is 10.00. The minimum absolute atomic E-state index is 0.0227. The van der Waals surface area contributed by atoms with Crippen molar-refractivity contribution in [3.05, 3.63) is 53.3 Å². The number of fused-ring (bicyclic) bond motifs is 1. The number of hydrogen-bond acceptors (Lipinski definition) is 4. The van der Waals surface area contributed by atoms with Crippen molar-refractivity contribution in [1.82, 2.24) is 4.98 Å². The molecule has 0 unspecified atom stereocenters. The van der Waals surface area contributed by atoms with Crippen LogP contribution in [0, 0.1) is 5.82 Å². The predicted octanol–water partition coefficient (Wildman–Crippen LogP) is 5.17. The van der Waals surface area contributed by atoms with Crippen molar-refractivity contribution in [2.45, 2.75) is 26.2 Å². The number of rotatable bonds is 6. The van der Waals surface area contributed by atoms with Gasteiger partial charge in [0.15, 0.2) is 5.76 Å². The molecule has 2 aromatic carbocycles. The first kappa shape index (κ1) is 17.4. The van der Waals surface area contributed by atoms with E-state index in [4.69, 9.17) is 20.8 Å². The Morgan fingerprint density at radius 3 is 2.76 bits per heavy atom. The zero-order valence-electron chi connectivity index (χ0n) is 13.7. The lowest BCUT2D eigenvalue weighted by molar-refractivity contribution is -0.143. The molecule has 1 aromatic heterocycles. The first-order chi connectivity index (χ1) is 12.1. The maximum atomic E-state index is 14.0. The second-order valence-corrected chi connectivity index (χ2v) is 5.87. The van der Waals surface area contributed by atoms with Crippen LogP contribution in [-0.4, -0.2) is 17.6 Å². The largest absolute Gasteiger partial charge is 0.466 e. The number of esters is 1. The number of carbonyl (C=O) groups is 1. The third-order valence-electron chi connectivity index (χ3n) is 3.89. The van der Waals surface area contributed by atoms with Crippen molar-refractivity contribution in [3.63, 3.8) is 0 Å². The molecule has 0 bridgehead atoms. The molecule has 0 atom stereocenters. The van der Waals surface area contributed by atoms with E-state index in [2.05, 4.69) is 4.98 Å². The zero-order valence-corrected chi connectivity index (χ0v) is 14.5. The van der Waals surface area contributed by atoms with Crippen molar-refractivity contribution in [2.75, 3.05) is 6.61 Å². The first-order valence-electron chi connectivity index (χ1n) is 8.08. The monoisotopic (exact) mass is 361 g/mol. The fourth-order valence-corrected chi connectivity index (χ4v) is 2.98. The molecule has 130 valence electrons. The normalized spacial score (nSPS) is 11.0. The van der Waals surface area contributed by atoms with Gasteiger partial charge in [0.1, 0.15) is 5.82 Å². The highest BCUT2D eigenvalue weighted by atomic mass is 35.5. The van der Waals surface area contributed by atoms with Crippen LogP contribution in [0.1, 0.15) is 25.5 Å². The fourth-order valence-electron chi connectivity index (χ4n) is 2.80. The second kappa shape index (κ2) is 7.66. The Kier molecular flexibility index (Phi) is 5.34. The molecule has 0 aliphatic heterocycles. The molecule has 1 heterocycles. The molecule has 3 aromatic rings. The molecule has 0 radical (unpaired) electrons. The van der Waals surface area contributed by atoms with Crippen LogP contribution in [0.3, 0.4) is 0 Å². The van der Waals surface area contributed by atoms with Gasteiger partial charge in [-0.3, -0.25) is 4.79 Å². The molecule has 0 N–H and O–H groups in total. The van der Waals surface area contributed by atoms with Gasteiger partial charge >= 0.3 is 5.97 Å². The molecule has 4 nitrogen and oxygen atoms in total. The molecular weight excluding hydrogens is 345 g/mol. The molecule has 25 heavy (non-hydrogen) atoms. The molecule has 0 spiro atoms. The van der Waals surface area contributed by atoms with E-state index >= 15 is 0 Å². The zero-order chi connectivity index (χ0) is 17.8. The highest BCUT2D eigenvalue weighted by molar-refractivity contribution is 6.27. The lowest BCUT2D eigenvalue weighted by Crippen LogP contribution is -2.04. The number of nitrogens with zero attached hydrogens (tertiary/aromatic N) is 1. The van der Waals surface area contributed by atoms with Crippen LogP contribution in [0.5, 0.6) is 0 Å². The van der Waals surface area contributed by atoms with E-state index in [1.54, 1.807) is 25.1 Å². The summed E-state index contributed by atoms with van der Waals surface area (Å²) < 4.78 is 24.5. The van der Waals surface area contributed by atoms with Crippen molar-refractivity contribution in [2.24, 2.45) is 0 Å². The minimum Gasteiger partial charge on any atom is -0.466 e. The van der Waals surface area contributed by atoms with Gasteiger partial charge in [-0.1, -0.05) is 24.3 Å². The quantitative estimate of drug-likeness (QED) is 0.568. The van der Waals surface area contributed by atoms with E-state index in [1.807, 2.05) is 12.1 Å².